The molecule has 0 aromatic rings. The molecule has 0 aromatic carbocycles. The van der Waals surface area contributed by atoms with Crippen LogP contribution in [0.5, 0.6) is 0 Å². The van der Waals surface area contributed by atoms with E-state index in [2.05, 4.69) is 16.4 Å². The first-order valence-electron chi connectivity index (χ1n) is 4.63. The van der Waals surface area contributed by atoms with E-state index < -0.39 is 0 Å². The van der Waals surface area contributed by atoms with Gasteiger partial charge in [-0.25, -0.2) is 0 Å². The number of hydrogen-bond acceptors (Lipinski definition) is 1. The fourth-order valence-corrected chi connectivity index (χ4v) is 2.96. The summed E-state index contributed by atoms with van der Waals surface area (Å²) in [6.45, 7) is 7.63. The molecule has 1 atom stereocenters. The van der Waals surface area contributed by atoms with Gasteiger partial charge in [0.15, 0.2) is 0 Å². The minimum Gasteiger partial charge on any atom is -0.265 e. The maximum atomic E-state index is 2.57. The maximum absolute atomic E-state index is 2.57. The van der Waals surface area contributed by atoms with Crippen LogP contribution in [0.2, 0.25) is 0 Å². The Labute approximate surface area is 67.5 Å². The highest BCUT2D eigenvalue weighted by atomic mass is 15.3. The molecule has 2 nitrogen and oxygen atoms in total. The van der Waals surface area contributed by atoms with Crippen LogP contribution in [-0.2, 0) is 0 Å². The van der Waals surface area contributed by atoms with Gasteiger partial charge >= 0.3 is 0 Å². The molecule has 0 saturated carbocycles. The van der Waals surface area contributed by atoms with E-state index in [0.29, 0.717) is 0 Å². The molecule has 0 radical (unpaired) electrons. The molecule has 3 aliphatic rings. The molecule has 2 fully saturated rings. The van der Waals surface area contributed by atoms with E-state index in [-0.39, 0.29) is 0 Å². The van der Waals surface area contributed by atoms with Crippen molar-refractivity contribution in [2.75, 3.05) is 26.2 Å². The first-order valence-corrected chi connectivity index (χ1v) is 4.63. The zero-order valence-electron chi connectivity index (χ0n) is 7.14. The van der Waals surface area contributed by atoms with Crippen LogP contribution >= 0.6 is 0 Å². The van der Waals surface area contributed by atoms with E-state index in [9.17, 15) is 0 Å². The SMILES string of the molecule is CC1=[N+]2CCC3(CCN1C3)C2. The van der Waals surface area contributed by atoms with Crippen molar-refractivity contribution in [2.24, 2.45) is 5.41 Å². The number of nitrogens with zero attached hydrogens (tertiary/aromatic N) is 2. The summed E-state index contributed by atoms with van der Waals surface area (Å²) in [7, 11) is 0. The predicted molar refractivity (Wildman–Crippen MR) is 43.9 cm³/mol. The molecular formula is C9H15N2+. The van der Waals surface area contributed by atoms with Crippen LogP contribution in [0.4, 0.5) is 0 Å². The van der Waals surface area contributed by atoms with Gasteiger partial charge in [0, 0.05) is 6.92 Å². The predicted octanol–water partition coefficient (Wildman–Crippen LogP) is 0.527. The highest BCUT2D eigenvalue weighted by molar-refractivity contribution is 5.76. The Hall–Kier alpha value is -0.530. The van der Waals surface area contributed by atoms with Crippen molar-refractivity contribution < 1.29 is 4.58 Å². The van der Waals surface area contributed by atoms with Crippen LogP contribution in [0.15, 0.2) is 0 Å². The average molecular weight is 151 g/mol. The summed E-state index contributed by atoms with van der Waals surface area (Å²) in [5.41, 5.74) is 0.722. The molecule has 1 spiro atoms. The zero-order valence-corrected chi connectivity index (χ0v) is 7.14. The summed E-state index contributed by atoms with van der Waals surface area (Å²) in [6, 6.07) is 0. The summed E-state index contributed by atoms with van der Waals surface area (Å²) < 4.78 is 2.57. The Kier molecular flexibility index (Phi) is 0.890. The normalized spacial score (nSPS) is 40.6. The molecule has 2 saturated heterocycles. The van der Waals surface area contributed by atoms with Crippen LogP contribution in [0, 0.1) is 5.41 Å². The molecule has 3 bridgehead atoms. The van der Waals surface area contributed by atoms with Gasteiger partial charge in [0.05, 0.1) is 31.6 Å². The van der Waals surface area contributed by atoms with E-state index in [4.69, 9.17) is 0 Å². The standard InChI is InChI=1S/C9H15N2/c1-8-10-4-2-9(6-10)3-5-11(8)7-9/h2-7H2,1H3/q+1. The van der Waals surface area contributed by atoms with Crippen molar-refractivity contribution in [1.82, 2.24) is 4.90 Å². The van der Waals surface area contributed by atoms with Gasteiger partial charge in [-0.05, 0) is 12.8 Å². The fourth-order valence-electron chi connectivity index (χ4n) is 2.96. The fraction of sp³-hybridized carbons (Fsp3) is 0.889. The van der Waals surface area contributed by atoms with E-state index in [1.165, 1.54) is 44.9 Å². The number of fused-ring (bicyclic) bond motifs is 2. The molecule has 3 aliphatic heterocycles. The Morgan fingerprint density at radius 3 is 3.27 bits per heavy atom. The molecule has 0 N–H and O–H groups in total. The molecule has 0 amide bonds. The second-order valence-corrected chi connectivity index (χ2v) is 4.39. The van der Waals surface area contributed by atoms with Crippen LogP contribution in [0.3, 0.4) is 0 Å². The third kappa shape index (κ3) is 0.608. The van der Waals surface area contributed by atoms with E-state index in [1.54, 1.807) is 0 Å². The maximum Gasteiger partial charge on any atom is 0.243 e. The van der Waals surface area contributed by atoms with Gasteiger partial charge in [0.25, 0.3) is 0 Å². The zero-order chi connectivity index (χ0) is 7.47. The van der Waals surface area contributed by atoms with Crippen molar-refractivity contribution in [1.29, 1.82) is 0 Å². The molecule has 2 heteroatoms. The molecule has 3 heterocycles. The highest BCUT2D eigenvalue weighted by Gasteiger charge is 2.52. The van der Waals surface area contributed by atoms with Gasteiger partial charge < -0.3 is 0 Å². The summed E-state index contributed by atoms with van der Waals surface area (Å²) in [6.07, 6.45) is 2.89. The third-order valence-electron chi connectivity index (χ3n) is 3.79. The highest BCUT2D eigenvalue weighted by Crippen LogP contribution is 2.41. The lowest BCUT2D eigenvalue weighted by atomic mass is 9.86. The molecule has 11 heavy (non-hydrogen) atoms. The number of rotatable bonds is 0. The number of hydrogen-bond donors (Lipinski definition) is 0. The van der Waals surface area contributed by atoms with Gasteiger partial charge in [0.2, 0.25) is 5.84 Å². The summed E-state index contributed by atoms with van der Waals surface area (Å²) in [4.78, 5) is 2.57. The summed E-state index contributed by atoms with van der Waals surface area (Å²) in [5.74, 6) is 1.54. The lowest BCUT2D eigenvalue weighted by Gasteiger charge is -2.22. The lowest BCUT2D eigenvalue weighted by molar-refractivity contribution is -0.521. The van der Waals surface area contributed by atoms with Gasteiger partial charge in [-0.2, -0.15) is 0 Å². The average Bonchev–Trinajstić information content (AvgIpc) is 2.54. The second-order valence-electron chi connectivity index (χ2n) is 4.39. The molecule has 1 unspecified atom stereocenters. The van der Waals surface area contributed by atoms with E-state index in [1.807, 2.05) is 0 Å². The molecule has 0 aliphatic carbocycles. The van der Waals surface area contributed by atoms with Gasteiger partial charge in [-0.3, -0.25) is 9.48 Å². The Balaban J connectivity index is 2.14. The van der Waals surface area contributed by atoms with Crippen LogP contribution in [-0.4, -0.2) is 41.5 Å². The molecule has 0 aromatic heterocycles. The lowest BCUT2D eigenvalue weighted by Crippen LogP contribution is -2.40. The van der Waals surface area contributed by atoms with E-state index >= 15 is 0 Å². The summed E-state index contributed by atoms with van der Waals surface area (Å²) >= 11 is 0. The van der Waals surface area contributed by atoms with Crippen molar-refractivity contribution in [3.8, 4) is 0 Å². The molecule has 60 valence electrons. The van der Waals surface area contributed by atoms with E-state index in [0.717, 1.165) is 5.41 Å². The topological polar surface area (TPSA) is 6.25 Å². The van der Waals surface area contributed by atoms with Gasteiger partial charge in [-0.1, -0.05) is 0 Å². The van der Waals surface area contributed by atoms with Crippen molar-refractivity contribution in [3.05, 3.63) is 0 Å². The van der Waals surface area contributed by atoms with Gasteiger partial charge in [0.1, 0.15) is 0 Å². The smallest absolute Gasteiger partial charge is 0.243 e. The largest absolute Gasteiger partial charge is 0.265 e. The number of amidine groups is 1. The second kappa shape index (κ2) is 1.62. The first-order chi connectivity index (χ1) is 5.29. The first kappa shape index (κ1) is 6.04. The monoisotopic (exact) mass is 151 g/mol. The Morgan fingerprint density at radius 1 is 1.45 bits per heavy atom. The Morgan fingerprint density at radius 2 is 2.36 bits per heavy atom. The quantitative estimate of drug-likeness (QED) is 0.458. The van der Waals surface area contributed by atoms with Crippen LogP contribution in [0.25, 0.3) is 0 Å². The van der Waals surface area contributed by atoms with Crippen molar-refractivity contribution >= 4 is 5.84 Å². The minimum absolute atomic E-state index is 0.722. The van der Waals surface area contributed by atoms with Crippen molar-refractivity contribution in [3.63, 3.8) is 0 Å². The van der Waals surface area contributed by atoms with Crippen molar-refractivity contribution in [2.45, 2.75) is 19.8 Å². The van der Waals surface area contributed by atoms with Crippen LogP contribution < -0.4 is 0 Å². The Bertz CT molecular complexity index is 244. The molecule has 3 rings (SSSR count). The summed E-state index contributed by atoms with van der Waals surface area (Å²) in [5, 5.41) is 0. The molecular weight excluding hydrogens is 136 g/mol. The van der Waals surface area contributed by atoms with Crippen LogP contribution in [0.1, 0.15) is 19.8 Å². The minimum atomic E-state index is 0.722. The van der Waals surface area contributed by atoms with Gasteiger partial charge in [-0.15, -0.1) is 0 Å². The third-order valence-corrected chi connectivity index (χ3v) is 3.79.